The molecule has 1 aliphatic carbocycles. The summed E-state index contributed by atoms with van der Waals surface area (Å²) in [4.78, 5) is 38.4. The normalized spacial score (nSPS) is 27.9. The van der Waals surface area contributed by atoms with Crippen LogP contribution >= 0.6 is 0 Å². The Balaban J connectivity index is 1.87. The molecule has 10 heteroatoms. The fourth-order valence-electron chi connectivity index (χ4n) is 7.60. The number of ketones is 2. The molecule has 10 nitrogen and oxygen atoms in total. The number of esters is 1. The van der Waals surface area contributed by atoms with Crippen LogP contribution in [0, 0.1) is 35.5 Å². The Morgan fingerprint density at radius 3 is 2.25 bits per heavy atom. The Labute approximate surface area is 319 Å². The quantitative estimate of drug-likeness (QED) is 0.0637. The zero-order valence-corrected chi connectivity index (χ0v) is 34.0. The molecule has 0 bridgehead atoms. The highest BCUT2D eigenvalue weighted by atomic mass is 16.5. The van der Waals surface area contributed by atoms with E-state index in [4.69, 9.17) is 18.9 Å². The number of aliphatic hydroxyl groups excluding tert-OH is 3. The van der Waals surface area contributed by atoms with Crippen LogP contribution in [-0.2, 0) is 33.3 Å². The first-order valence-corrected chi connectivity index (χ1v) is 19.6. The van der Waals surface area contributed by atoms with Crippen molar-refractivity contribution in [2.24, 2.45) is 35.5 Å². The van der Waals surface area contributed by atoms with Gasteiger partial charge in [0.1, 0.15) is 24.1 Å². The molecular weight excluding hydrogens is 676 g/mol. The van der Waals surface area contributed by atoms with Crippen molar-refractivity contribution in [2.45, 2.75) is 149 Å². The molecule has 0 aromatic heterocycles. The van der Waals surface area contributed by atoms with Gasteiger partial charge in [0.05, 0.1) is 30.3 Å². The second-order valence-corrected chi connectivity index (χ2v) is 16.0. The molecular formula is C43H70O10. The number of ether oxygens (including phenoxy) is 4. The molecule has 0 aromatic rings. The standard InChI is InChI=1S/C43H70O10/c1-26(14-12-11-13-15-27(2)38(50-8)24-34-18-16-28(3)43(49)53-34)20-31(6)40(47)42(52-10)41(48)32(7)21-29(4)36(45)25-37(46)30(5)22-33-17-19-35(44)39(23-33)51-9/h11-15,21,26,28-31,33-35,37-39,41-42,44,46,48H,16-20,22-25H2,1-10H3/b13-11+,14-12+,27-15+,32-21+/t26-,28-,29-,30-,31-,33+,34+,35-,37+,38+,39-,41-,42+/m1/s1. The summed E-state index contributed by atoms with van der Waals surface area (Å²) in [6.07, 6.45) is 13.4. The number of aliphatic hydroxyl groups is 3. The minimum absolute atomic E-state index is 0.00242. The van der Waals surface area contributed by atoms with Gasteiger partial charge in [-0.05, 0) is 87.7 Å². The average molecular weight is 747 g/mol. The second kappa shape index (κ2) is 23.4. The van der Waals surface area contributed by atoms with E-state index in [1.165, 1.54) is 7.11 Å². The van der Waals surface area contributed by atoms with Gasteiger partial charge in [0.15, 0.2) is 5.78 Å². The first kappa shape index (κ1) is 46.7. The lowest BCUT2D eigenvalue weighted by molar-refractivity contribution is -0.161. The Morgan fingerprint density at radius 2 is 1.62 bits per heavy atom. The summed E-state index contributed by atoms with van der Waals surface area (Å²) >= 11 is 0. The molecule has 1 saturated heterocycles. The first-order valence-electron chi connectivity index (χ1n) is 19.6. The van der Waals surface area contributed by atoms with Crippen LogP contribution in [0.1, 0.15) is 106 Å². The second-order valence-electron chi connectivity index (χ2n) is 16.0. The number of methoxy groups -OCH3 is 3. The predicted octanol–water partition coefficient (Wildman–Crippen LogP) is 6.50. The molecule has 0 spiro atoms. The maximum Gasteiger partial charge on any atom is 0.308 e. The molecule has 3 N–H and O–H groups in total. The lowest BCUT2D eigenvalue weighted by Crippen LogP contribution is -2.40. The fraction of sp³-hybridized carbons (Fsp3) is 0.744. The monoisotopic (exact) mass is 746 g/mol. The van der Waals surface area contributed by atoms with E-state index < -0.39 is 30.3 Å². The number of cyclic esters (lactones) is 1. The van der Waals surface area contributed by atoms with Crippen LogP contribution in [0.25, 0.3) is 0 Å². The maximum atomic E-state index is 13.4. The van der Waals surface area contributed by atoms with E-state index in [2.05, 4.69) is 0 Å². The lowest BCUT2D eigenvalue weighted by atomic mass is 9.78. The summed E-state index contributed by atoms with van der Waals surface area (Å²) in [7, 11) is 4.67. The number of carbonyl (C=O) groups excluding carboxylic acids is 3. The number of carbonyl (C=O) groups is 3. The third kappa shape index (κ3) is 15.3. The number of allylic oxidation sites excluding steroid dienone is 6. The molecule has 53 heavy (non-hydrogen) atoms. The van der Waals surface area contributed by atoms with Crippen molar-refractivity contribution in [1.29, 1.82) is 0 Å². The summed E-state index contributed by atoms with van der Waals surface area (Å²) in [6.45, 7) is 13.1. The van der Waals surface area contributed by atoms with E-state index in [0.717, 1.165) is 37.7 Å². The molecule has 0 radical (unpaired) electrons. The van der Waals surface area contributed by atoms with Gasteiger partial charge in [0.25, 0.3) is 0 Å². The number of hydrogen-bond donors (Lipinski definition) is 3. The van der Waals surface area contributed by atoms with Gasteiger partial charge in [0, 0.05) is 46.0 Å². The molecule has 2 fully saturated rings. The van der Waals surface area contributed by atoms with Crippen molar-refractivity contribution in [3.8, 4) is 0 Å². The van der Waals surface area contributed by atoms with Gasteiger partial charge in [-0.15, -0.1) is 0 Å². The largest absolute Gasteiger partial charge is 0.462 e. The SMILES string of the molecule is CO[C@@H](C[C@@H]1CC[C@@H](C)C(=O)O1)/C(C)=C/C=C/C=C/[C@@H](C)C[C@@H](C)C(=O)[C@H](OC)[C@H](O)/C(C)=C/[C@@H](C)C(=O)C[C@H](O)[C@H](C)C[C@@H]1CC[C@@H](O)[C@H](OC)C1. The van der Waals surface area contributed by atoms with Gasteiger partial charge < -0.3 is 34.3 Å². The highest BCUT2D eigenvalue weighted by Crippen LogP contribution is 2.33. The van der Waals surface area contributed by atoms with E-state index in [1.807, 2.05) is 65.0 Å². The van der Waals surface area contributed by atoms with Crippen molar-refractivity contribution >= 4 is 17.5 Å². The van der Waals surface area contributed by atoms with E-state index in [1.54, 1.807) is 34.1 Å². The minimum Gasteiger partial charge on any atom is -0.462 e. The number of rotatable bonds is 22. The lowest BCUT2D eigenvalue weighted by Gasteiger charge is -2.34. The molecule has 0 unspecified atom stereocenters. The van der Waals surface area contributed by atoms with Crippen LogP contribution in [0.4, 0.5) is 0 Å². The number of Topliss-reactive ketones (excluding diaryl/α,β-unsaturated/α-hetero) is 2. The molecule has 302 valence electrons. The summed E-state index contributed by atoms with van der Waals surface area (Å²) in [5, 5.41) is 32.1. The van der Waals surface area contributed by atoms with Crippen molar-refractivity contribution in [3.05, 3.63) is 47.6 Å². The Hall–Kier alpha value is -2.47. The van der Waals surface area contributed by atoms with E-state index >= 15 is 0 Å². The van der Waals surface area contributed by atoms with E-state index in [-0.39, 0.29) is 65.9 Å². The third-order valence-electron chi connectivity index (χ3n) is 11.4. The van der Waals surface area contributed by atoms with Gasteiger partial charge >= 0.3 is 5.97 Å². The molecule has 1 heterocycles. The Morgan fingerprint density at radius 1 is 0.925 bits per heavy atom. The van der Waals surface area contributed by atoms with Gasteiger partial charge in [-0.25, -0.2) is 0 Å². The van der Waals surface area contributed by atoms with E-state index in [9.17, 15) is 29.7 Å². The maximum absolute atomic E-state index is 13.4. The van der Waals surface area contributed by atoms with Crippen LogP contribution < -0.4 is 0 Å². The minimum atomic E-state index is -1.21. The Kier molecular flexibility index (Phi) is 20.7. The van der Waals surface area contributed by atoms with Crippen molar-refractivity contribution in [3.63, 3.8) is 0 Å². The molecule has 1 saturated carbocycles. The molecule has 0 amide bonds. The summed E-state index contributed by atoms with van der Waals surface area (Å²) < 4.78 is 22.1. The van der Waals surface area contributed by atoms with Gasteiger partial charge in [-0.1, -0.05) is 71.1 Å². The van der Waals surface area contributed by atoms with E-state index in [0.29, 0.717) is 30.8 Å². The van der Waals surface area contributed by atoms with Crippen LogP contribution in [0.2, 0.25) is 0 Å². The van der Waals surface area contributed by atoms with Crippen molar-refractivity contribution < 1.29 is 48.7 Å². The highest BCUT2D eigenvalue weighted by molar-refractivity contribution is 5.86. The van der Waals surface area contributed by atoms with Crippen LogP contribution in [0.15, 0.2) is 47.6 Å². The molecule has 13 atom stereocenters. The highest BCUT2D eigenvalue weighted by Gasteiger charge is 2.34. The van der Waals surface area contributed by atoms with Crippen LogP contribution in [0.3, 0.4) is 0 Å². The van der Waals surface area contributed by atoms with Gasteiger partial charge in [-0.2, -0.15) is 0 Å². The summed E-state index contributed by atoms with van der Waals surface area (Å²) in [5.74, 6) is -1.16. The topological polar surface area (TPSA) is 149 Å². The predicted molar refractivity (Wildman–Crippen MR) is 207 cm³/mol. The van der Waals surface area contributed by atoms with Crippen LogP contribution in [0.5, 0.6) is 0 Å². The zero-order valence-electron chi connectivity index (χ0n) is 34.0. The van der Waals surface area contributed by atoms with Gasteiger partial charge in [0.2, 0.25) is 0 Å². The van der Waals surface area contributed by atoms with Crippen LogP contribution in [-0.4, -0.2) is 96.9 Å². The Bertz CT molecular complexity index is 1270. The molecule has 0 aromatic carbocycles. The fourth-order valence-corrected chi connectivity index (χ4v) is 7.60. The zero-order chi connectivity index (χ0) is 39.8. The van der Waals surface area contributed by atoms with Crippen molar-refractivity contribution in [1.82, 2.24) is 0 Å². The smallest absolute Gasteiger partial charge is 0.308 e. The summed E-state index contributed by atoms with van der Waals surface area (Å²) in [5.41, 5.74) is 1.51. The van der Waals surface area contributed by atoms with Crippen molar-refractivity contribution in [2.75, 3.05) is 21.3 Å². The molecule has 2 aliphatic rings. The third-order valence-corrected chi connectivity index (χ3v) is 11.4. The number of hydrogen-bond acceptors (Lipinski definition) is 10. The van der Waals surface area contributed by atoms with Gasteiger partial charge in [-0.3, -0.25) is 14.4 Å². The average Bonchev–Trinajstić information content (AvgIpc) is 3.12. The molecule has 2 rings (SSSR count). The first-order chi connectivity index (χ1) is 25.0. The summed E-state index contributed by atoms with van der Waals surface area (Å²) in [6, 6.07) is 0. The molecule has 1 aliphatic heterocycles.